The maximum absolute atomic E-state index is 12.9. The monoisotopic (exact) mass is 315 g/mol. The molecule has 0 spiro atoms. The van der Waals surface area contributed by atoms with E-state index in [4.69, 9.17) is 0 Å². The molecule has 0 aliphatic heterocycles. The molecule has 22 heavy (non-hydrogen) atoms. The van der Waals surface area contributed by atoms with Crippen LogP contribution >= 0.6 is 0 Å². The molecule has 5 nitrogen and oxygen atoms in total. The lowest BCUT2D eigenvalue weighted by atomic mass is 10.2. The molecular formula is C16H13NO4S. The van der Waals surface area contributed by atoms with Gasteiger partial charge in [0.15, 0.2) is 0 Å². The Bertz CT molecular complexity index is 986. The van der Waals surface area contributed by atoms with Crippen LogP contribution in [0.3, 0.4) is 0 Å². The van der Waals surface area contributed by atoms with E-state index >= 15 is 0 Å². The lowest BCUT2D eigenvalue weighted by Gasteiger charge is -2.09. The third kappa shape index (κ3) is 2.08. The molecule has 0 aliphatic rings. The maximum Gasteiger partial charge on any atom is 0.337 e. The second-order valence-corrected chi connectivity index (χ2v) is 6.71. The Morgan fingerprint density at radius 1 is 1.05 bits per heavy atom. The van der Waals surface area contributed by atoms with E-state index in [1.165, 1.54) is 6.07 Å². The van der Waals surface area contributed by atoms with Gasteiger partial charge in [-0.2, -0.15) is 0 Å². The zero-order chi connectivity index (χ0) is 15.9. The van der Waals surface area contributed by atoms with Crippen molar-refractivity contribution in [1.82, 2.24) is 3.97 Å². The van der Waals surface area contributed by atoms with E-state index in [0.717, 1.165) is 10.2 Å². The van der Waals surface area contributed by atoms with Crippen LogP contribution in [0, 0.1) is 6.92 Å². The molecule has 0 fully saturated rings. The van der Waals surface area contributed by atoms with Crippen molar-refractivity contribution in [3.63, 3.8) is 0 Å². The van der Waals surface area contributed by atoms with Gasteiger partial charge in [-0.15, -0.1) is 0 Å². The number of carboxylic acid groups (broad SMARTS) is 1. The predicted molar refractivity (Wildman–Crippen MR) is 82.7 cm³/mol. The number of hydrogen-bond donors (Lipinski definition) is 1. The molecular weight excluding hydrogens is 302 g/mol. The fourth-order valence-corrected chi connectivity index (χ4v) is 4.07. The van der Waals surface area contributed by atoms with E-state index in [9.17, 15) is 18.3 Å². The summed E-state index contributed by atoms with van der Waals surface area (Å²) in [5.41, 5.74) is 0.924. The minimum absolute atomic E-state index is 0.0345. The quantitative estimate of drug-likeness (QED) is 0.806. The van der Waals surface area contributed by atoms with Crippen molar-refractivity contribution in [1.29, 1.82) is 0 Å². The first-order valence-electron chi connectivity index (χ1n) is 6.57. The second kappa shape index (κ2) is 4.99. The second-order valence-electron chi connectivity index (χ2n) is 4.93. The number of rotatable bonds is 3. The van der Waals surface area contributed by atoms with Crippen LogP contribution in [0.1, 0.15) is 15.9 Å². The zero-order valence-electron chi connectivity index (χ0n) is 11.7. The molecule has 2 aromatic carbocycles. The summed E-state index contributed by atoms with van der Waals surface area (Å²) in [6.07, 6.45) is 1.16. The van der Waals surface area contributed by atoms with Gasteiger partial charge in [0.05, 0.1) is 16.0 Å². The molecule has 1 N–H and O–H groups in total. The molecule has 6 heteroatoms. The molecule has 3 aromatic rings. The van der Waals surface area contributed by atoms with Gasteiger partial charge in [-0.1, -0.05) is 36.4 Å². The molecule has 0 radical (unpaired) electrons. The van der Waals surface area contributed by atoms with Crippen LogP contribution in [0.2, 0.25) is 0 Å². The number of nitrogens with zero attached hydrogens (tertiary/aromatic N) is 1. The van der Waals surface area contributed by atoms with Crippen LogP contribution in [0.5, 0.6) is 0 Å². The number of aromatic carboxylic acids is 1. The smallest absolute Gasteiger partial charge is 0.337 e. The van der Waals surface area contributed by atoms with Crippen LogP contribution in [-0.2, 0) is 10.0 Å². The van der Waals surface area contributed by atoms with Crippen molar-refractivity contribution < 1.29 is 18.3 Å². The highest BCUT2D eigenvalue weighted by molar-refractivity contribution is 7.90. The minimum atomic E-state index is -3.86. The van der Waals surface area contributed by atoms with Crippen LogP contribution in [0.15, 0.2) is 59.6 Å². The number of fused-ring (bicyclic) bond motifs is 1. The van der Waals surface area contributed by atoms with E-state index in [1.54, 1.807) is 49.4 Å². The summed E-state index contributed by atoms with van der Waals surface area (Å²) in [5, 5.41) is 9.67. The maximum atomic E-state index is 12.9. The van der Waals surface area contributed by atoms with Gasteiger partial charge >= 0.3 is 5.97 Å². The molecule has 0 aliphatic carbocycles. The summed E-state index contributed by atoms with van der Waals surface area (Å²) in [5.74, 6) is -1.16. The van der Waals surface area contributed by atoms with Gasteiger partial charge in [0.25, 0.3) is 10.0 Å². The Hall–Kier alpha value is -2.60. The Labute approximate surface area is 127 Å². The topological polar surface area (TPSA) is 76.4 Å². The van der Waals surface area contributed by atoms with Gasteiger partial charge in [0.1, 0.15) is 0 Å². The Balaban J connectivity index is 2.36. The van der Waals surface area contributed by atoms with Crippen molar-refractivity contribution in [3.05, 3.63) is 65.9 Å². The Kier molecular flexibility index (Phi) is 3.26. The average molecular weight is 315 g/mol. The van der Waals surface area contributed by atoms with Crippen molar-refractivity contribution in [3.8, 4) is 0 Å². The van der Waals surface area contributed by atoms with Crippen LogP contribution in [0.4, 0.5) is 0 Å². The largest absolute Gasteiger partial charge is 0.478 e. The third-order valence-corrected chi connectivity index (χ3v) is 5.37. The normalized spacial score (nSPS) is 11.7. The number of para-hydroxylation sites is 1. The first kappa shape index (κ1) is 14.3. The Morgan fingerprint density at radius 3 is 2.36 bits per heavy atom. The highest BCUT2D eigenvalue weighted by Crippen LogP contribution is 2.27. The van der Waals surface area contributed by atoms with E-state index in [-0.39, 0.29) is 10.5 Å². The molecule has 0 saturated heterocycles. The SMILES string of the molecule is Cc1ccccc1S(=O)(=O)n1cc(C(=O)O)c2ccccc21. The number of hydrogen-bond acceptors (Lipinski definition) is 3. The molecule has 0 bridgehead atoms. The number of benzene rings is 2. The number of carboxylic acids is 1. The highest BCUT2D eigenvalue weighted by Gasteiger charge is 2.24. The highest BCUT2D eigenvalue weighted by atomic mass is 32.2. The molecule has 0 amide bonds. The van der Waals surface area contributed by atoms with Crippen molar-refractivity contribution >= 4 is 26.9 Å². The summed E-state index contributed by atoms with van der Waals surface area (Å²) in [7, 11) is -3.86. The van der Waals surface area contributed by atoms with Crippen molar-refractivity contribution in [2.24, 2.45) is 0 Å². The lowest BCUT2D eigenvalue weighted by Crippen LogP contribution is -2.13. The van der Waals surface area contributed by atoms with Gasteiger partial charge in [0.2, 0.25) is 0 Å². The predicted octanol–water partition coefficient (Wildman–Crippen LogP) is 2.88. The summed E-state index contributed by atoms with van der Waals surface area (Å²) in [6, 6.07) is 13.2. The molecule has 0 unspecified atom stereocenters. The van der Waals surface area contributed by atoms with Gasteiger partial charge in [0, 0.05) is 11.6 Å². The summed E-state index contributed by atoms with van der Waals surface area (Å²) >= 11 is 0. The lowest BCUT2D eigenvalue weighted by molar-refractivity contribution is 0.0699. The third-order valence-electron chi connectivity index (χ3n) is 3.54. The Morgan fingerprint density at radius 2 is 1.68 bits per heavy atom. The first-order chi connectivity index (χ1) is 10.4. The first-order valence-corrected chi connectivity index (χ1v) is 8.01. The summed E-state index contributed by atoms with van der Waals surface area (Å²) < 4.78 is 26.8. The van der Waals surface area contributed by atoms with E-state index in [0.29, 0.717) is 16.5 Å². The standard InChI is InChI=1S/C16H13NO4S/c1-11-6-2-5-9-15(11)22(20,21)17-10-13(16(18)19)12-7-3-4-8-14(12)17/h2-10H,1H3,(H,18,19). The minimum Gasteiger partial charge on any atom is -0.478 e. The van der Waals surface area contributed by atoms with Crippen molar-refractivity contribution in [2.45, 2.75) is 11.8 Å². The average Bonchev–Trinajstić information content (AvgIpc) is 2.88. The number of aromatic nitrogens is 1. The number of aryl methyl sites for hydroxylation is 1. The fraction of sp³-hybridized carbons (Fsp3) is 0.0625. The van der Waals surface area contributed by atoms with E-state index < -0.39 is 16.0 Å². The van der Waals surface area contributed by atoms with Crippen molar-refractivity contribution in [2.75, 3.05) is 0 Å². The molecule has 3 rings (SSSR count). The fourth-order valence-electron chi connectivity index (χ4n) is 2.47. The van der Waals surface area contributed by atoms with E-state index in [2.05, 4.69) is 0 Å². The van der Waals surface area contributed by atoms with Crippen LogP contribution < -0.4 is 0 Å². The van der Waals surface area contributed by atoms with Crippen LogP contribution in [-0.4, -0.2) is 23.5 Å². The summed E-state index contributed by atoms with van der Waals surface area (Å²) in [6.45, 7) is 1.71. The molecule has 1 aromatic heterocycles. The number of carbonyl (C=O) groups is 1. The van der Waals surface area contributed by atoms with Gasteiger partial charge in [-0.3, -0.25) is 0 Å². The van der Waals surface area contributed by atoms with Crippen LogP contribution in [0.25, 0.3) is 10.9 Å². The van der Waals surface area contributed by atoms with Gasteiger partial charge < -0.3 is 5.11 Å². The zero-order valence-corrected chi connectivity index (χ0v) is 12.5. The molecule has 0 saturated carbocycles. The molecule has 0 atom stereocenters. The molecule has 112 valence electrons. The van der Waals surface area contributed by atoms with E-state index in [1.807, 2.05) is 0 Å². The van der Waals surface area contributed by atoms with Gasteiger partial charge in [-0.25, -0.2) is 17.2 Å². The van der Waals surface area contributed by atoms with Gasteiger partial charge in [-0.05, 0) is 24.6 Å². The molecule has 1 heterocycles. The summed E-state index contributed by atoms with van der Waals surface area (Å²) in [4.78, 5) is 11.5.